The number of hydrogen-bond donors (Lipinski definition) is 2. The molecule has 12 nitrogen and oxygen atoms in total. The van der Waals surface area contributed by atoms with Crippen molar-refractivity contribution in [1.82, 2.24) is 24.0 Å². The summed E-state index contributed by atoms with van der Waals surface area (Å²) in [5, 5.41) is 2.62. The number of para-hydroxylation sites is 1. The van der Waals surface area contributed by atoms with Crippen LogP contribution < -0.4 is 31.9 Å². The number of aryl methyl sites for hydroxylation is 1. The van der Waals surface area contributed by atoms with Crippen LogP contribution in [-0.4, -0.2) is 62.7 Å². The lowest BCUT2D eigenvalue weighted by Gasteiger charge is -2.31. The summed E-state index contributed by atoms with van der Waals surface area (Å²) < 4.78 is 9.42. The van der Waals surface area contributed by atoms with Crippen molar-refractivity contribution in [2.45, 2.75) is 45.8 Å². The number of carbonyl (C=O) groups is 2. The molecule has 4 rings (SSSR count). The molecule has 206 valence electrons. The van der Waals surface area contributed by atoms with E-state index < -0.39 is 23.6 Å². The number of aromatic nitrogens is 4. The number of Topliss-reactive ketones (excluding diaryl/α,β-unsaturated/α-hetero) is 1. The highest BCUT2D eigenvalue weighted by Crippen LogP contribution is 2.23. The van der Waals surface area contributed by atoms with Crippen molar-refractivity contribution in [3.05, 3.63) is 50.7 Å². The molecule has 1 atom stereocenters. The van der Waals surface area contributed by atoms with E-state index in [9.17, 15) is 19.2 Å². The summed E-state index contributed by atoms with van der Waals surface area (Å²) in [7, 11) is 1.52. The van der Waals surface area contributed by atoms with Gasteiger partial charge in [-0.05, 0) is 38.8 Å². The molecule has 3 N–H and O–H groups in total. The number of fused-ring (bicyclic) bond motifs is 1. The number of piperidine rings is 1. The average Bonchev–Trinajstić information content (AvgIpc) is 3.32. The summed E-state index contributed by atoms with van der Waals surface area (Å²) in [6.45, 7) is 4.62. The zero-order valence-electron chi connectivity index (χ0n) is 22.4. The Hall–Kier alpha value is -4.37. The van der Waals surface area contributed by atoms with Gasteiger partial charge in [0.15, 0.2) is 23.6 Å². The molecule has 0 spiro atoms. The minimum atomic E-state index is -0.672. The van der Waals surface area contributed by atoms with Crippen LogP contribution in [0.3, 0.4) is 0 Å². The Morgan fingerprint density at radius 2 is 2.00 bits per heavy atom. The number of likely N-dealkylation sites (N-methyl/N-ethyl adjacent to an activating group) is 1. The van der Waals surface area contributed by atoms with E-state index in [1.165, 1.54) is 17.7 Å². The molecule has 0 unspecified atom stereocenters. The maximum Gasteiger partial charge on any atom is 0.332 e. The highest BCUT2D eigenvalue weighted by molar-refractivity contribution is 5.98. The molecule has 1 saturated heterocycles. The molecule has 3 heterocycles. The Kier molecular flexibility index (Phi) is 8.51. The Morgan fingerprint density at radius 1 is 1.23 bits per heavy atom. The second-order valence-electron chi connectivity index (χ2n) is 9.34. The first-order valence-corrected chi connectivity index (χ1v) is 12.9. The van der Waals surface area contributed by atoms with Crippen LogP contribution in [0.5, 0.6) is 5.75 Å². The van der Waals surface area contributed by atoms with E-state index in [1.54, 1.807) is 36.6 Å². The molecule has 3 aromatic rings. The first-order valence-electron chi connectivity index (χ1n) is 12.9. The molecule has 1 aliphatic heterocycles. The standard InChI is InChI=1S/C27H33N7O5/c1-4-6-14-33-23-24(30-26(33)32-13-9-10-18(28)15-32)31(3)27(38)34(25(23)37)16-20(35)19-11-7-8-12-21(19)39-17-22(36)29-5-2/h7-8,11-12,18H,5,9-10,13-17,28H2,1-3H3,(H,29,36)/t18-/m1/s1. The predicted octanol–water partition coefficient (Wildman–Crippen LogP) is 0.245. The van der Waals surface area contributed by atoms with Gasteiger partial charge in [0.1, 0.15) is 5.75 Å². The smallest absolute Gasteiger partial charge is 0.332 e. The monoisotopic (exact) mass is 535 g/mol. The number of nitrogens with one attached hydrogen (secondary N) is 1. The second kappa shape index (κ2) is 12.0. The predicted molar refractivity (Wildman–Crippen MR) is 147 cm³/mol. The fourth-order valence-corrected chi connectivity index (χ4v) is 4.68. The number of amides is 1. The minimum absolute atomic E-state index is 0.0299. The van der Waals surface area contributed by atoms with Gasteiger partial charge in [0.2, 0.25) is 5.95 Å². The average molecular weight is 536 g/mol. The third-order valence-electron chi connectivity index (χ3n) is 6.59. The van der Waals surface area contributed by atoms with Crippen LogP contribution in [-0.2, 0) is 24.9 Å². The largest absolute Gasteiger partial charge is 0.483 e. The lowest BCUT2D eigenvalue weighted by atomic mass is 10.1. The molecule has 0 radical (unpaired) electrons. The molecule has 0 bridgehead atoms. The Labute approximate surface area is 225 Å². The van der Waals surface area contributed by atoms with Gasteiger partial charge in [0.05, 0.1) is 18.7 Å². The number of carbonyl (C=O) groups excluding carboxylic acids is 2. The van der Waals surface area contributed by atoms with Gasteiger partial charge in [-0.1, -0.05) is 18.1 Å². The maximum atomic E-state index is 13.7. The van der Waals surface area contributed by atoms with Crippen molar-refractivity contribution < 1.29 is 14.3 Å². The van der Waals surface area contributed by atoms with Crippen molar-refractivity contribution in [2.24, 2.45) is 12.8 Å². The normalized spacial score (nSPS) is 15.1. The molecular weight excluding hydrogens is 502 g/mol. The Morgan fingerprint density at radius 3 is 2.72 bits per heavy atom. The number of ether oxygens (including phenoxy) is 1. The molecule has 1 aliphatic rings. The van der Waals surface area contributed by atoms with Gasteiger partial charge >= 0.3 is 5.69 Å². The van der Waals surface area contributed by atoms with Gasteiger partial charge in [-0.25, -0.2) is 4.79 Å². The zero-order valence-corrected chi connectivity index (χ0v) is 22.4. The van der Waals surface area contributed by atoms with E-state index in [1.807, 2.05) is 4.90 Å². The quantitative estimate of drug-likeness (QED) is 0.293. The van der Waals surface area contributed by atoms with E-state index in [-0.39, 0.29) is 47.6 Å². The summed E-state index contributed by atoms with van der Waals surface area (Å²) in [6, 6.07) is 6.37. The lowest BCUT2D eigenvalue weighted by molar-refractivity contribution is -0.123. The van der Waals surface area contributed by atoms with E-state index in [0.717, 1.165) is 17.4 Å². The Bertz CT molecular complexity index is 1570. The van der Waals surface area contributed by atoms with Crippen LogP contribution in [0.4, 0.5) is 5.95 Å². The Balaban J connectivity index is 1.76. The first kappa shape index (κ1) is 27.7. The van der Waals surface area contributed by atoms with Crippen molar-refractivity contribution in [3.63, 3.8) is 0 Å². The number of ketones is 1. The summed E-state index contributed by atoms with van der Waals surface area (Å²) in [5.41, 5.74) is 5.44. The highest BCUT2D eigenvalue weighted by atomic mass is 16.5. The van der Waals surface area contributed by atoms with Gasteiger partial charge in [-0.2, -0.15) is 4.98 Å². The van der Waals surface area contributed by atoms with Crippen molar-refractivity contribution >= 4 is 28.8 Å². The third kappa shape index (κ3) is 5.73. The molecule has 12 heteroatoms. The number of nitrogens with zero attached hydrogens (tertiary/aromatic N) is 5. The molecule has 1 aromatic carbocycles. The first-order chi connectivity index (χ1) is 18.8. The number of rotatable bonds is 9. The molecule has 1 amide bonds. The molecule has 39 heavy (non-hydrogen) atoms. The van der Waals surface area contributed by atoms with E-state index in [0.29, 0.717) is 25.6 Å². The molecule has 0 aliphatic carbocycles. The van der Waals surface area contributed by atoms with Gasteiger partial charge in [-0.15, -0.1) is 5.92 Å². The van der Waals surface area contributed by atoms with Crippen molar-refractivity contribution in [1.29, 1.82) is 0 Å². The van der Waals surface area contributed by atoms with Gasteiger partial charge in [-0.3, -0.25) is 28.1 Å². The molecule has 2 aromatic heterocycles. The number of anilines is 1. The van der Waals surface area contributed by atoms with Crippen LogP contribution in [0.2, 0.25) is 0 Å². The molecule has 0 saturated carbocycles. The summed E-state index contributed by atoms with van der Waals surface area (Å²) in [5.74, 6) is 5.69. The summed E-state index contributed by atoms with van der Waals surface area (Å²) >= 11 is 0. The number of imidazole rings is 1. The fraction of sp³-hybridized carbons (Fsp3) is 0.444. The summed E-state index contributed by atoms with van der Waals surface area (Å²) in [6.07, 6.45) is 1.77. The number of nitrogens with two attached hydrogens (primary N) is 1. The van der Waals surface area contributed by atoms with Gasteiger partial charge in [0, 0.05) is 32.7 Å². The highest BCUT2D eigenvalue weighted by Gasteiger charge is 2.27. The molecule has 1 fully saturated rings. The third-order valence-corrected chi connectivity index (χ3v) is 6.59. The zero-order chi connectivity index (χ0) is 28.1. The second-order valence-corrected chi connectivity index (χ2v) is 9.34. The lowest BCUT2D eigenvalue weighted by Crippen LogP contribution is -2.44. The number of hydrogen-bond acceptors (Lipinski definition) is 8. The van der Waals surface area contributed by atoms with Crippen LogP contribution in [0.1, 0.15) is 37.0 Å². The van der Waals surface area contributed by atoms with Crippen LogP contribution >= 0.6 is 0 Å². The van der Waals surface area contributed by atoms with Crippen LogP contribution in [0.25, 0.3) is 11.2 Å². The fourth-order valence-electron chi connectivity index (χ4n) is 4.68. The van der Waals surface area contributed by atoms with Gasteiger partial charge in [0.25, 0.3) is 11.5 Å². The maximum absolute atomic E-state index is 13.7. The van der Waals surface area contributed by atoms with E-state index >= 15 is 0 Å². The van der Waals surface area contributed by atoms with Crippen LogP contribution in [0, 0.1) is 11.8 Å². The van der Waals surface area contributed by atoms with Crippen molar-refractivity contribution in [3.8, 4) is 17.6 Å². The SMILES string of the molecule is CC#CCn1c(N2CCC[C@@H](N)C2)nc2c1c(=O)n(CC(=O)c1ccccc1OCC(=O)NCC)c(=O)n2C. The topological polar surface area (TPSA) is 146 Å². The summed E-state index contributed by atoms with van der Waals surface area (Å²) in [4.78, 5) is 58.9. The number of benzene rings is 1. The van der Waals surface area contributed by atoms with Crippen molar-refractivity contribution in [2.75, 3.05) is 31.1 Å². The van der Waals surface area contributed by atoms with Gasteiger partial charge < -0.3 is 20.7 Å². The minimum Gasteiger partial charge on any atom is -0.483 e. The van der Waals surface area contributed by atoms with E-state index in [4.69, 9.17) is 10.5 Å². The van der Waals surface area contributed by atoms with Crippen LogP contribution in [0.15, 0.2) is 33.9 Å². The molecular formula is C27H33N7O5. The van der Waals surface area contributed by atoms with E-state index in [2.05, 4.69) is 22.1 Å².